The van der Waals surface area contributed by atoms with Crippen molar-refractivity contribution in [3.63, 3.8) is 0 Å². The number of aromatic hydroxyl groups is 2. The lowest BCUT2D eigenvalue weighted by molar-refractivity contribution is -0.251. The first-order valence-electron chi connectivity index (χ1n) is 12.7. The molecule has 1 fully saturated rings. The van der Waals surface area contributed by atoms with Crippen LogP contribution in [0.4, 0.5) is 0 Å². The van der Waals surface area contributed by atoms with E-state index in [9.17, 15) is 29.7 Å². The molecule has 0 radical (unpaired) electrons. The Morgan fingerprint density at radius 1 is 1.18 bits per heavy atom. The zero-order chi connectivity index (χ0) is 27.5. The van der Waals surface area contributed by atoms with Crippen molar-refractivity contribution in [2.24, 2.45) is 5.73 Å². The molecule has 0 saturated carbocycles. The minimum absolute atomic E-state index is 0.0113. The lowest BCUT2D eigenvalue weighted by Gasteiger charge is -2.43. The molecule has 6 atom stereocenters. The second kappa shape index (κ2) is 9.46. The molecule has 10 heteroatoms. The van der Waals surface area contributed by atoms with Gasteiger partial charge in [-0.2, -0.15) is 0 Å². The van der Waals surface area contributed by atoms with E-state index in [-0.39, 0.29) is 52.8 Å². The average molecular weight is 526 g/mol. The van der Waals surface area contributed by atoms with E-state index >= 15 is 0 Å². The maximum atomic E-state index is 13.4. The monoisotopic (exact) mass is 525 g/mol. The number of carbonyl (C=O) groups is 3. The van der Waals surface area contributed by atoms with E-state index in [1.165, 1.54) is 31.2 Å². The standard InChI is InChI=1S/C28H31NO9/c1-4-28(35)10-14-8-16-23(26(34)22-15(24(16)32)6-5-7-18(22)31)25(33)21(14)19(11-28)38-20-9-17(29)27(12(2)36-20)37-13(3)30/h5-8,12,17,19-20,27,31,33,35H,4,9-11,29H2,1-3H3/t12-,17-,19-,20-,27+,28-/m0/s1. The summed E-state index contributed by atoms with van der Waals surface area (Å²) in [5, 5.41) is 33.1. The van der Waals surface area contributed by atoms with Gasteiger partial charge in [-0.3, -0.25) is 14.4 Å². The fraction of sp³-hybridized carbons (Fsp3) is 0.464. The summed E-state index contributed by atoms with van der Waals surface area (Å²) >= 11 is 0. The Labute approximate surface area is 219 Å². The minimum atomic E-state index is -1.20. The van der Waals surface area contributed by atoms with Gasteiger partial charge >= 0.3 is 5.97 Å². The van der Waals surface area contributed by atoms with E-state index in [1.54, 1.807) is 6.92 Å². The van der Waals surface area contributed by atoms with E-state index in [1.807, 2.05) is 6.92 Å². The lowest BCUT2D eigenvalue weighted by Crippen LogP contribution is -2.54. The highest BCUT2D eigenvalue weighted by atomic mass is 16.7. The Morgan fingerprint density at radius 3 is 2.58 bits per heavy atom. The number of rotatable bonds is 4. The van der Waals surface area contributed by atoms with Crippen LogP contribution in [0, 0.1) is 0 Å². The molecule has 0 aromatic heterocycles. The maximum Gasteiger partial charge on any atom is 0.303 e. The number of nitrogens with two attached hydrogens (primary N) is 1. The maximum absolute atomic E-state index is 13.4. The number of hydrogen-bond acceptors (Lipinski definition) is 10. The summed E-state index contributed by atoms with van der Waals surface area (Å²) < 4.78 is 17.5. The number of fused-ring (bicyclic) bond motifs is 3. The van der Waals surface area contributed by atoms with Gasteiger partial charge in [-0.25, -0.2) is 0 Å². The topological polar surface area (TPSA) is 166 Å². The van der Waals surface area contributed by atoms with Crippen molar-refractivity contribution in [2.45, 2.75) is 82.7 Å². The minimum Gasteiger partial charge on any atom is -0.507 e. The Hall–Kier alpha value is -3.31. The third-order valence-electron chi connectivity index (χ3n) is 7.81. The first-order valence-corrected chi connectivity index (χ1v) is 12.7. The van der Waals surface area contributed by atoms with E-state index in [0.29, 0.717) is 12.0 Å². The molecule has 2 aromatic carbocycles. The quantitative estimate of drug-likeness (QED) is 0.372. The molecular formula is C28H31NO9. The summed E-state index contributed by atoms with van der Waals surface area (Å²) in [6, 6.07) is 5.20. The van der Waals surface area contributed by atoms with Crippen LogP contribution >= 0.6 is 0 Å². The van der Waals surface area contributed by atoms with Crippen molar-refractivity contribution in [3.8, 4) is 11.5 Å². The molecule has 0 spiro atoms. The van der Waals surface area contributed by atoms with Gasteiger partial charge < -0.3 is 35.3 Å². The molecule has 1 saturated heterocycles. The summed E-state index contributed by atoms with van der Waals surface area (Å²) in [6.07, 6.45) is -2.16. The molecule has 2 aliphatic carbocycles. The third kappa shape index (κ3) is 4.27. The largest absolute Gasteiger partial charge is 0.507 e. The molecule has 0 bridgehead atoms. The zero-order valence-corrected chi connectivity index (χ0v) is 21.4. The van der Waals surface area contributed by atoms with Crippen molar-refractivity contribution >= 4 is 17.5 Å². The lowest BCUT2D eigenvalue weighted by atomic mass is 9.73. The molecule has 38 heavy (non-hydrogen) atoms. The van der Waals surface area contributed by atoms with E-state index < -0.39 is 59.5 Å². The fourth-order valence-corrected chi connectivity index (χ4v) is 5.87. The van der Waals surface area contributed by atoms with Gasteiger partial charge in [0, 0.05) is 48.9 Å². The molecule has 10 nitrogen and oxygen atoms in total. The Morgan fingerprint density at radius 2 is 1.92 bits per heavy atom. The van der Waals surface area contributed by atoms with Crippen LogP contribution in [-0.2, 0) is 25.4 Å². The molecule has 0 amide bonds. The molecule has 0 unspecified atom stereocenters. The molecular weight excluding hydrogens is 494 g/mol. The van der Waals surface area contributed by atoms with Crippen molar-refractivity contribution in [1.82, 2.24) is 0 Å². The molecule has 1 heterocycles. The van der Waals surface area contributed by atoms with Crippen molar-refractivity contribution in [2.75, 3.05) is 0 Å². The van der Waals surface area contributed by atoms with E-state index in [2.05, 4.69) is 0 Å². The second-order valence-corrected chi connectivity index (χ2v) is 10.4. The van der Waals surface area contributed by atoms with Crippen LogP contribution in [0.3, 0.4) is 0 Å². The first-order chi connectivity index (χ1) is 17.9. The summed E-state index contributed by atoms with van der Waals surface area (Å²) in [5.41, 5.74) is 5.53. The molecule has 2 aromatic rings. The molecule has 3 aliphatic rings. The number of esters is 1. The number of benzene rings is 2. The average Bonchev–Trinajstić information content (AvgIpc) is 2.84. The summed E-state index contributed by atoms with van der Waals surface area (Å²) in [5.74, 6) is -2.41. The predicted molar refractivity (Wildman–Crippen MR) is 133 cm³/mol. The summed E-state index contributed by atoms with van der Waals surface area (Å²) in [7, 11) is 0. The van der Waals surface area contributed by atoms with Crippen LogP contribution < -0.4 is 5.73 Å². The van der Waals surface area contributed by atoms with E-state index in [0.717, 1.165) is 0 Å². The molecule has 5 rings (SSSR count). The van der Waals surface area contributed by atoms with Crippen molar-refractivity contribution < 1.29 is 43.9 Å². The number of carbonyl (C=O) groups excluding carboxylic acids is 3. The van der Waals surface area contributed by atoms with Crippen molar-refractivity contribution in [3.05, 3.63) is 57.6 Å². The summed E-state index contributed by atoms with van der Waals surface area (Å²) in [6.45, 7) is 4.83. The van der Waals surface area contributed by atoms with Crippen LogP contribution in [0.1, 0.15) is 89.1 Å². The van der Waals surface area contributed by atoms with Gasteiger partial charge in [0.05, 0.1) is 28.9 Å². The number of ketones is 2. The summed E-state index contributed by atoms with van der Waals surface area (Å²) in [4.78, 5) is 38.2. The highest BCUT2D eigenvalue weighted by Crippen LogP contribution is 2.49. The third-order valence-corrected chi connectivity index (χ3v) is 7.81. The highest BCUT2D eigenvalue weighted by Gasteiger charge is 2.45. The van der Waals surface area contributed by atoms with Crippen LogP contribution in [0.5, 0.6) is 11.5 Å². The number of aliphatic hydroxyl groups is 1. The van der Waals surface area contributed by atoms with Gasteiger partial charge in [0.1, 0.15) is 17.6 Å². The van der Waals surface area contributed by atoms with Gasteiger partial charge in [0.25, 0.3) is 0 Å². The Balaban J connectivity index is 1.54. The Kier molecular flexibility index (Phi) is 6.55. The second-order valence-electron chi connectivity index (χ2n) is 10.4. The number of phenols is 2. The van der Waals surface area contributed by atoms with Gasteiger partial charge in [0.15, 0.2) is 12.1 Å². The number of hydrogen-bond donors (Lipinski definition) is 4. The number of phenolic OH excluding ortho intramolecular Hbond substituents is 2. The van der Waals surface area contributed by atoms with Gasteiger partial charge in [-0.15, -0.1) is 0 Å². The number of ether oxygens (including phenoxy) is 3. The smallest absolute Gasteiger partial charge is 0.303 e. The first kappa shape index (κ1) is 26.3. The van der Waals surface area contributed by atoms with Crippen molar-refractivity contribution in [1.29, 1.82) is 0 Å². The van der Waals surface area contributed by atoms with Gasteiger partial charge in [-0.05, 0) is 31.0 Å². The molecule has 5 N–H and O–H groups in total. The van der Waals surface area contributed by atoms with Crippen LogP contribution in [-0.4, -0.2) is 63.0 Å². The molecule has 202 valence electrons. The SMILES string of the molecule is CC[C@]1(O)Cc2cc3c(c(O)c2[C@@H](O[C@H]2C[C@H](N)[C@H](OC(C)=O)[C@H](C)O2)C1)C(=O)c1c(O)cccc1C3=O. The van der Waals surface area contributed by atoms with Crippen LogP contribution in [0.2, 0.25) is 0 Å². The van der Waals surface area contributed by atoms with Crippen LogP contribution in [0.25, 0.3) is 0 Å². The highest BCUT2D eigenvalue weighted by molar-refractivity contribution is 6.30. The normalized spacial score (nSPS) is 30.3. The van der Waals surface area contributed by atoms with E-state index in [4.69, 9.17) is 19.9 Å². The fourth-order valence-electron chi connectivity index (χ4n) is 5.87. The molecule has 1 aliphatic heterocycles. The predicted octanol–water partition coefficient (Wildman–Crippen LogP) is 2.41. The zero-order valence-electron chi connectivity index (χ0n) is 21.4. The Bertz CT molecular complexity index is 1330. The van der Waals surface area contributed by atoms with Gasteiger partial charge in [-0.1, -0.05) is 19.1 Å². The van der Waals surface area contributed by atoms with Crippen LogP contribution in [0.15, 0.2) is 24.3 Å². The van der Waals surface area contributed by atoms with Gasteiger partial charge in [0.2, 0.25) is 5.78 Å².